The number of hydrogen-bond donors (Lipinski definition) is 6. The molecule has 3 aromatic rings. The van der Waals surface area contributed by atoms with Gasteiger partial charge >= 0.3 is 24.2 Å². The fourth-order valence-corrected chi connectivity index (χ4v) is 4.34. The number of anilines is 6. The summed E-state index contributed by atoms with van der Waals surface area (Å²) in [6.45, 7) is 9.29. The molecule has 0 heterocycles. The Labute approximate surface area is 273 Å². The van der Waals surface area contributed by atoms with Crippen LogP contribution in [0.5, 0.6) is 0 Å². The predicted molar refractivity (Wildman–Crippen MR) is 181 cm³/mol. The Morgan fingerprint density at radius 3 is 1.57 bits per heavy atom. The van der Waals surface area contributed by atoms with Crippen LogP contribution in [-0.2, 0) is 18.9 Å². The lowest BCUT2D eigenvalue weighted by atomic mass is 10.1. The number of urea groups is 2. The minimum Gasteiger partial charge on any atom is -0.422 e. The molecule has 0 aliphatic rings. The average Bonchev–Trinajstić information content (AvgIpc) is 3.03. The van der Waals surface area contributed by atoms with Crippen molar-refractivity contribution in [2.45, 2.75) is 47.5 Å². The second-order valence-corrected chi connectivity index (χ2v) is 10.4. The Balaban J connectivity index is 1.63. The van der Waals surface area contributed by atoms with Crippen LogP contribution in [0.15, 0.2) is 48.5 Å². The minimum atomic E-state index is -0.695. The number of methoxy groups -OCH3 is 1. The van der Waals surface area contributed by atoms with Gasteiger partial charge in [0, 0.05) is 35.5 Å². The second kappa shape index (κ2) is 18.0. The van der Waals surface area contributed by atoms with Crippen LogP contribution in [-0.4, -0.2) is 51.6 Å². The van der Waals surface area contributed by atoms with Crippen LogP contribution in [0.3, 0.4) is 0 Å². The van der Waals surface area contributed by atoms with E-state index in [1.54, 1.807) is 69.3 Å². The molecule has 14 heteroatoms. The maximum atomic E-state index is 13.1. The van der Waals surface area contributed by atoms with Crippen molar-refractivity contribution in [3.8, 4) is 0 Å². The van der Waals surface area contributed by atoms with Gasteiger partial charge in [0.05, 0.1) is 12.3 Å². The molecular formula is C33H42N6O8. The van der Waals surface area contributed by atoms with Crippen molar-refractivity contribution < 1.29 is 38.1 Å². The molecule has 6 amide bonds. The molecular weight excluding hydrogens is 608 g/mol. The molecule has 0 bridgehead atoms. The first-order valence-corrected chi connectivity index (χ1v) is 14.9. The minimum absolute atomic E-state index is 0.155. The molecule has 0 aromatic heterocycles. The summed E-state index contributed by atoms with van der Waals surface area (Å²) in [7, 11) is 1.40. The van der Waals surface area contributed by atoms with Gasteiger partial charge in [-0.25, -0.2) is 19.2 Å². The summed E-state index contributed by atoms with van der Waals surface area (Å²) >= 11 is 0. The van der Waals surface area contributed by atoms with E-state index >= 15 is 0 Å². The third-order valence-electron chi connectivity index (χ3n) is 7.02. The van der Waals surface area contributed by atoms with Crippen molar-refractivity contribution in [3.63, 3.8) is 0 Å². The van der Waals surface area contributed by atoms with Crippen molar-refractivity contribution in [1.29, 1.82) is 0 Å². The van der Waals surface area contributed by atoms with Crippen LogP contribution < -0.4 is 31.9 Å². The van der Waals surface area contributed by atoms with Crippen LogP contribution in [0.2, 0.25) is 0 Å². The lowest BCUT2D eigenvalue weighted by Crippen LogP contribution is -2.23. The van der Waals surface area contributed by atoms with E-state index in [1.165, 1.54) is 7.11 Å². The molecule has 6 N–H and O–H groups in total. The van der Waals surface area contributed by atoms with Crippen LogP contribution in [0.1, 0.15) is 42.0 Å². The average molecular weight is 651 g/mol. The van der Waals surface area contributed by atoms with Gasteiger partial charge in [0.2, 0.25) is 0 Å². The number of amides is 6. The Hall–Kier alpha value is -5.34. The lowest BCUT2D eigenvalue weighted by Gasteiger charge is -2.18. The Kier molecular flexibility index (Phi) is 13.8. The number of ether oxygens (including phenoxy) is 4. The first kappa shape index (κ1) is 36.1. The zero-order valence-corrected chi connectivity index (χ0v) is 27.4. The smallest absolute Gasteiger partial charge is 0.413 e. The van der Waals surface area contributed by atoms with Crippen LogP contribution in [0.25, 0.3) is 0 Å². The number of aryl methyl sites for hydroxylation is 1. The molecule has 252 valence electrons. The summed E-state index contributed by atoms with van der Waals surface area (Å²) < 4.78 is 19.9. The van der Waals surface area contributed by atoms with E-state index < -0.39 is 24.2 Å². The first-order valence-electron chi connectivity index (χ1n) is 14.9. The summed E-state index contributed by atoms with van der Waals surface area (Å²) in [5.41, 5.74) is 5.47. The number of benzene rings is 3. The van der Waals surface area contributed by atoms with E-state index in [4.69, 9.17) is 18.9 Å². The summed E-state index contributed by atoms with van der Waals surface area (Å²) in [5.74, 6) is 0. The van der Waals surface area contributed by atoms with Gasteiger partial charge in [-0.2, -0.15) is 0 Å². The van der Waals surface area contributed by atoms with Gasteiger partial charge < -0.3 is 40.2 Å². The van der Waals surface area contributed by atoms with Crippen molar-refractivity contribution in [2.24, 2.45) is 0 Å². The van der Waals surface area contributed by atoms with E-state index in [0.29, 0.717) is 57.4 Å². The maximum absolute atomic E-state index is 13.1. The van der Waals surface area contributed by atoms with E-state index in [-0.39, 0.29) is 13.6 Å². The predicted octanol–water partition coefficient (Wildman–Crippen LogP) is 7.68. The van der Waals surface area contributed by atoms with E-state index in [9.17, 15) is 19.2 Å². The van der Waals surface area contributed by atoms with Crippen molar-refractivity contribution in [2.75, 3.05) is 59.2 Å². The summed E-state index contributed by atoms with van der Waals surface area (Å²) in [6, 6.07) is 12.6. The van der Waals surface area contributed by atoms with Gasteiger partial charge in [-0.15, -0.1) is 0 Å². The van der Waals surface area contributed by atoms with Gasteiger partial charge in [0.15, 0.2) is 13.6 Å². The third-order valence-corrected chi connectivity index (χ3v) is 7.02. The second-order valence-electron chi connectivity index (χ2n) is 10.4. The summed E-state index contributed by atoms with van der Waals surface area (Å²) in [5, 5.41) is 16.5. The topological polar surface area (TPSA) is 177 Å². The van der Waals surface area contributed by atoms with Crippen molar-refractivity contribution in [1.82, 2.24) is 0 Å². The molecule has 0 saturated carbocycles. The Morgan fingerprint density at radius 1 is 0.596 bits per heavy atom. The first-order chi connectivity index (χ1) is 22.5. The standard InChI is InChI=1S/C33H42N6O8/c1-7-8-17-45-19-47-33(43)38-27-14-10-12-25(22(27)4)35-31(41)39-29-20(2)15-16-28(23(29)5)36-30(40)34-24-11-9-13-26(21(24)3)37-32(42)46-18-44-6/h9-16H,7-8,17-19H2,1-6H3,(H,37,42)(H,38,43)(H2,34,36,40)(H2,35,39,41). The lowest BCUT2D eigenvalue weighted by molar-refractivity contribution is -0.0110. The fraction of sp³-hybridized carbons (Fsp3) is 0.333. The molecule has 0 aliphatic heterocycles. The number of carbonyl (C=O) groups excluding carboxylic acids is 4. The molecule has 0 radical (unpaired) electrons. The molecule has 14 nitrogen and oxygen atoms in total. The number of rotatable bonds is 13. The molecule has 3 rings (SSSR count). The van der Waals surface area contributed by atoms with Gasteiger partial charge in [-0.05, 0) is 86.7 Å². The molecule has 47 heavy (non-hydrogen) atoms. The normalized spacial score (nSPS) is 10.4. The Morgan fingerprint density at radius 2 is 1.06 bits per heavy atom. The Bertz CT molecular complexity index is 1580. The van der Waals surface area contributed by atoms with Gasteiger partial charge in [-0.3, -0.25) is 10.6 Å². The van der Waals surface area contributed by atoms with Crippen LogP contribution in [0.4, 0.5) is 53.3 Å². The third kappa shape index (κ3) is 10.9. The largest absolute Gasteiger partial charge is 0.422 e. The molecule has 3 aromatic carbocycles. The zero-order valence-electron chi connectivity index (χ0n) is 27.4. The number of unbranched alkanes of at least 4 members (excludes halogenated alkanes) is 1. The summed E-state index contributed by atoms with van der Waals surface area (Å²) in [6.07, 6.45) is 0.483. The SMILES string of the molecule is CCCCOCOC(=O)Nc1cccc(NC(=O)Nc2c(C)ccc(NC(=O)Nc3cccc(NC(=O)OCOC)c3C)c2C)c1C. The molecule has 0 saturated heterocycles. The fourth-order valence-electron chi connectivity index (χ4n) is 4.34. The zero-order chi connectivity index (χ0) is 34.3. The van der Waals surface area contributed by atoms with Crippen molar-refractivity contribution in [3.05, 3.63) is 70.8 Å². The molecule has 0 atom stereocenters. The highest BCUT2D eigenvalue weighted by Gasteiger charge is 2.16. The molecule has 0 unspecified atom stereocenters. The van der Waals surface area contributed by atoms with Gasteiger partial charge in [0.1, 0.15) is 0 Å². The highest BCUT2D eigenvalue weighted by Crippen LogP contribution is 2.29. The van der Waals surface area contributed by atoms with Crippen LogP contribution >= 0.6 is 0 Å². The van der Waals surface area contributed by atoms with E-state index in [1.807, 2.05) is 13.8 Å². The molecule has 0 spiro atoms. The van der Waals surface area contributed by atoms with E-state index in [2.05, 4.69) is 31.9 Å². The highest BCUT2D eigenvalue weighted by atomic mass is 16.7. The molecule has 0 fully saturated rings. The van der Waals surface area contributed by atoms with Crippen LogP contribution in [0, 0.1) is 27.7 Å². The van der Waals surface area contributed by atoms with Gasteiger partial charge in [0.25, 0.3) is 0 Å². The van der Waals surface area contributed by atoms with Crippen molar-refractivity contribution >= 4 is 58.4 Å². The van der Waals surface area contributed by atoms with Gasteiger partial charge in [-0.1, -0.05) is 31.5 Å². The number of carbonyl (C=O) groups is 4. The monoisotopic (exact) mass is 650 g/mol. The molecule has 0 aliphatic carbocycles. The number of nitrogens with one attached hydrogen (secondary N) is 6. The van der Waals surface area contributed by atoms with E-state index in [0.717, 1.165) is 18.4 Å². The summed E-state index contributed by atoms with van der Waals surface area (Å²) in [4.78, 5) is 50.2. The number of hydrogen-bond acceptors (Lipinski definition) is 8. The maximum Gasteiger partial charge on any atom is 0.413 e. The highest BCUT2D eigenvalue weighted by molar-refractivity contribution is 6.05. The quantitative estimate of drug-likeness (QED) is 0.0805.